The Morgan fingerprint density at radius 1 is 1.08 bits per heavy atom. The van der Waals surface area contributed by atoms with E-state index in [4.69, 9.17) is 24.2 Å². The molecule has 15 nitrogen and oxygen atoms in total. The third kappa shape index (κ3) is 10.7. The molecule has 4 aliphatic rings. The zero-order valence-electron chi connectivity index (χ0n) is 36.9. The number of alkyl carbamates (subject to hydrolysis) is 1. The maximum Gasteiger partial charge on any atom is 0.427 e. The second-order valence-electron chi connectivity index (χ2n) is 17.4. The minimum absolute atomic E-state index is 0. The van der Waals surface area contributed by atoms with E-state index >= 15 is 0 Å². The van der Waals surface area contributed by atoms with Crippen LogP contribution in [0.15, 0.2) is 30.4 Å². The first-order chi connectivity index (χ1) is 29.1. The number of benzene rings is 1. The Kier molecular flexibility index (Phi) is 14.8. The molecule has 2 aliphatic heterocycles. The normalized spacial score (nSPS) is 27.6. The fourth-order valence-corrected chi connectivity index (χ4v) is 9.31. The molecule has 0 bridgehead atoms. The van der Waals surface area contributed by atoms with Gasteiger partial charge in [0.05, 0.1) is 29.9 Å². The summed E-state index contributed by atoms with van der Waals surface area (Å²) in [4.78, 5) is 67.4. The Morgan fingerprint density at radius 2 is 1.77 bits per heavy atom. The lowest BCUT2D eigenvalue weighted by atomic mass is 9.85. The summed E-state index contributed by atoms with van der Waals surface area (Å²) in [6.45, 7) is 12.7. The van der Waals surface area contributed by atoms with Crippen LogP contribution in [0.5, 0.6) is 11.6 Å². The number of sulfonamides is 1. The fourth-order valence-electron chi connectivity index (χ4n) is 7.94. The predicted octanol–water partition coefficient (Wildman–Crippen LogP) is 7.20. The van der Waals surface area contributed by atoms with Crippen LogP contribution in [0.3, 0.4) is 0 Å². The van der Waals surface area contributed by atoms with Gasteiger partial charge in [-0.05, 0) is 76.3 Å². The van der Waals surface area contributed by atoms with Crippen molar-refractivity contribution in [1.82, 2.24) is 30.2 Å². The van der Waals surface area contributed by atoms with E-state index in [1.807, 2.05) is 40.7 Å². The number of nitrogens with one attached hydrogen (secondary N) is 3. The molecule has 1 aromatic carbocycles. The lowest BCUT2D eigenvalue weighted by molar-refractivity contribution is -0.244. The highest BCUT2D eigenvalue weighted by molar-refractivity contribution is 7.91. The van der Waals surface area contributed by atoms with E-state index in [9.17, 15) is 40.8 Å². The van der Waals surface area contributed by atoms with Crippen LogP contribution in [0.2, 0.25) is 0 Å². The zero-order valence-corrected chi connectivity index (χ0v) is 37.7. The van der Waals surface area contributed by atoms with Gasteiger partial charge in [0.15, 0.2) is 0 Å². The average molecular weight is 901 g/mol. The van der Waals surface area contributed by atoms with Gasteiger partial charge >= 0.3 is 12.3 Å². The molecule has 1 saturated heterocycles. The number of hydrogen-bond acceptors (Lipinski definition) is 11. The summed E-state index contributed by atoms with van der Waals surface area (Å²) < 4.78 is 86.2. The fraction of sp³-hybridized carbons (Fsp3) is 0.674. The summed E-state index contributed by atoms with van der Waals surface area (Å²) in [6, 6.07) is 2.42. The number of fused-ring (bicyclic) bond motifs is 3. The molecular formula is C43H67F3N6O9S. The Bertz CT molecular complexity index is 2150. The maximum absolute atomic E-state index is 15.0. The van der Waals surface area contributed by atoms with E-state index in [0.29, 0.717) is 74.8 Å². The van der Waals surface area contributed by atoms with Crippen molar-refractivity contribution in [3.63, 3.8) is 0 Å². The molecule has 2 aliphatic carbocycles. The van der Waals surface area contributed by atoms with Crippen molar-refractivity contribution in [3.05, 3.63) is 36.0 Å². The second kappa shape index (κ2) is 19.0. The van der Waals surface area contributed by atoms with E-state index in [-0.39, 0.29) is 41.4 Å². The molecule has 7 atom stereocenters. The molecule has 0 unspecified atom stereocenters. The van der Waals surface area contributed by atoms with E-state index < -0.39 is 86.4 Å². The summed E-state index contributed by atoms with van der Waals surface area (Å²) in [6.07, 6.45) is -0.943. The van der Waals surface area contributed by atoms with Crippen LogP contribution < -0.4 is 24.8 Å². The first-order valence-corrected chi connectivity index (χ1v) is 23.1. The number of carbonyl (C=O) groups is 4. The second-order valence-corrected chi connectivity index (χ2v) is 19.3. The summed E-state index contributed by atoms with van der Waals surface area (Å²) in [7, 11) is -2.48. The summed E-state index contributed by atoms with van der Waals surface area (Å²) in [5.74, 6) is -3.11. The van der Waals surface area contributed by atoms with Crippen molar-refractivity contribution in [1.29, 1.82) is 0 Å². The number of carbonyl (C=O) groups excluding carboxylic acids is 4. The van der Waals surface area contributed by atoms with Gasteiger partial charge in [-0.1, -0.05) is 60.1 Å². The van der Waals surface area contributed by atoms with Crippen molar-refractivity contribution in [2.24, 2.45) is 17.8 Å². The third-order valence-corrected chi connectivity index (χ3v) is 13.8. The lowest BCUT2D eigenvalue weighted by Crippen LogP contribution is -2.59. The van der Waals surface area contributed by atoms with Crippen LogP contribution in [0, 0.1) is 17.8 Å². The number of rotatable bonds is 10. The molecule has 19 heteroatoms. The Balaban J connectivity index is 0.00000286. The van der Waals surface area contributed by atoms with E-state index in [0.717, 1.165) is 0 Å². The van der Waals surface area contributed by atoms with Crippen molar-refractivity contribution in [2.45, 2.75) is 153 Å². The molecule has 3 heterocycles. The van der Waals surface area contributed by atoms with E-state index in [2.05, 4.69) is 15.4 Å². The quantitative estimate of drug-likeness (QED) is 0.204. The van der Waals surface area contributed by atoms with Crippen LogP contribution in [-0.4, -0.2) is 102 Å². The number of allylic oxidation sites excluding steroid dienone is 1. The standard InChI is InChI=1S/C41H55F3N6O9S.C2H6.3H2/c1-8-24-17-23(4)11-9-10-12-25-20-40(25,37(53)49-60(55,56)28-14-15-28)48-34(51)31-19-27(21-50(31)36(52)33(24)47-38(54)59-39(5,6)41(42,43)44)58-35-32(22(2)3)45-29-16-13-26(57-7)18-30(29)46-35;1-2;;;/h10,12-13,16,18,22-25,27-28,31,33H,8-9,11,14-15,17,19-21H2,1-7H3,(H,47,54)(H,48,51)(H,49,53);1-2H3;3*1H/b12-10-;;;;/t23-,24-,25-,27-,31+,33+,40-;;;;/m1..../s1. The van der Waals surface area contributed by atoms with Crippen molar-refractivity contribution in [2.75, 3.05) is 13.7 Å². The van der Waals surface area contributed by atoms with Crippen LogP contribution in [0.4, 0.5) is 18.0 Å². The SMILES string of the molecule is CC.CC[C@@H]1C[C@H](C)CC/C=C\[C@@H]2C[C@@]2(C(=O)NS(=O)(=O)C2CC2)NC(=O)[C@@H]2C[C@@H](Oc3nc4cc(OC)ccc4nc3C(C)C)CN2C(=O)[C@H]1NC(=O)OC(C)(C)C(F)(F)F.[HH].[HH].[HH]. The van der Waals surface area contributed by atoms with Gasteiger partial charge in [0.1, 0.15) is 35.2 Å². The number of nitrogens with zero attached hydrogens (tertiary/aromatic N) is 3. The van der Waals surface area contributed by atoms with Crippen molar-refractivity contribution >= 4 is 44.9 Å². The maximum atomic E-state index is 15.0. The minimum atomic E-state index is -4.92. The van der Waals surface area contributed by atoms with Gasteiger partial charge in [-0.2, -0.15) is 13.2 Å². The summed E-state index contributed by atoms with van der Waals surface area (Å²) in [5, 5.41) is 4.54. The molecule has 6 rings (SSSR count). The molecule has 62 heavy (non-hydrogen) atoms. The first kappa shape index (κ1) is 48.4. The van der Waals surface area contributed by atoms with Crippen molar-refractivity contribution in [3.8, 4) is 11.6 Å². The monoisotopic (exact) mass is 900 g/mol. The number of alkyl halides is 3. The Labute approximate surface area is 366 Å². The van der Waals surface area contributed by atoms with Gasteiger partial charge in [-0.25, -0.2) is 23.2 Å². The number of amides is 4. The zero-order chi connectivity index (χ0) is 45.9. The number of methoxy groups -OCH3 is 1. The largest absolute Gasteiger partial charge is 0.497 e. The highest BCUT2D eigenvalue weighted by atomic mass is 32.2. The summed E-state index contributed by atoms with van der Waals surface area (Å²) in [5.41, 5.74) is -2.99. The Hall–Kier alpha value is -4.68. The minimum Gasteiger partial charge on any atom is -0.497 e. The van der Waals surface area contributed by atoms with Gasteiger partial charge in [-0.3, -0.25) is 19.1 Å². The number of hydrogen-bond donors (Lipinski definition) is 3. The smallest absolute Gasteiger partial charge is 0.427 e. The molecule has 3 fully saturated rings. The van der Waals surface area contributed by atoms with E-state index in [1.54, 1.807) is 31.2 Å². The van der Waals surface area contributed by atoms with Crippen LogP contribution >= 0.6 is 0 Å². The molecule has 1 aromatic heterocycles. The van der Waals surface area contributed by atoms with Crippen LogP contribution in [0.25, 0.3) is 11.0 Å². The van der Waals surface area contributed by atoms with Gasteiger partial charge in [0, 0.05) is 28.6 Å². The van der Waals surface area contributed by atoms with E-state index in [1.165, 1.54) is 12.0 Å². The lowest BCUT2D eigenvalue weighted by Gasteiger charge is -2.35. The van der Waals surface area contributed by atoms with Gasteiger partial charge < -0.3 is 29.7 Å². The molecule has 3 N–H and O–H groups in total. The molecular weight excluding hydrogens is 834 g/mol. The van der Waals surface area contributed by atoms with Crippen molar-refractivity contribution < 1.29 is 59.3 Å². The molecule has 350 valence electrons. The molecule has 0 radical (unpaired) electrons. The number of ether oxygens (including phenoxy) is 3. The molecule has 0 spiro atoms. The topological polar surface area (TPSA) is 195 Å². The highest BCUT2D eigenvalue weighted by Gasteiger charge is 2.62. The number of aromatic nitrogens is 2. The number of halogens is 3. The van der Waals surface area contributed by atoms with Gasteiger partial charge in [0.25, 0.3) is 5.91 Å². The first-order valence-electron chi connectivity index (χ1n) is 21.5. The highest BCUT2D eigenvalue weighted by Crippen LogP contribution is 2.46. The third-order valence-electron chi connectivity index (χ3n) is 12.0. The summed E-state index contributed by atoms with van der Waals surface area (Å²) >= 11 is 0. The molecule has 2 saturated carbocycles. The van der Waals surface area contributed by atoms with Crippen LogP contribution in [-0.2, 0) is 29.1 Å². The Morgan fingerprint density at radius 3 is 2.39 bits per heavy atom. The predicted molar refractivity (Wildman–Crippen MR) is 231 cm³/mol. The molecule has 4 amide bonds. The molecule has 2 aromatic rings. The average Bonchev–Trinajstić information content (AvgIpc) is 4.13. The van der Waals surface area contributed by atoms with Gasteiger partial charge in [0.2, 0.25) is 33.3 Å². The van der Waals surface area contributed by atoms with Gasteiger partial charge in [-0.15, -0.1) is 0 Å². The van der Waals surface area contributed by atoms with Crippen LogP contribution in [0.1, 0.15) is 123 Å².